The Morgan fingerprint density at radius 3 is 2.96 bits per heavy atom. The van der Waals surface area contributed by atoms with E-state index in [0.717, 1.165) is 19.5 Å². The summed E-state index contributed by atoms with van der Waals surface area (Å²) in [5.74, 6) is 0.455. The van der Waals surface area contributed by atoms with E-state index in [2.05, 4.69) is 57.6 Å². The molecule has 1 aliphatic rings. The lowest BCUT2D eigenvalue weighted by molar-refractivity contribution is -0.117. The van der Waals surface area contributed by atoms with Crippen molar-refractivity contribution in [3.05, 3.63) is 65.0 Å². The highest BCUT2D eigenvalue weighted by Gasteiger charge is 2.18. The number of benzene rings is 1. The molecule has 5 nitrogen and oxygen atoms in total. The molecule has 0 radical (unpaired) electrons. The molecule has 0 aliphatic carbocycles. The lowest BCUT2D eigenvalue weighted by Crippen LogP contribution is -2.36. The molecule has 0 unspecified atom stereocenters. The van der Waals surface area contributed by atoms with E-state index in [-0.39, 0.29) is 5.91 Å². The molecule has 0 saturated carbocycles. The fourth-order valence-corrected chi connectivity index (χ4v) is 3.67. The number of halogens is 1. The average molecular weight is 381 g/mol. The Morgan fingerprint density at radius 1 is 1.33 bits per heavy atom. The fraction of sp³-hybridized carbons (Fsp3) is 0.238. The Kier molecular flexibility index (Phi) is 4.97. The molecular weight excluding hydrogens is 360 g/mol. The quantitative estimate of drug-likeness (QED) is 0.711. The van der Waals surface area contributed by atoms with Crippen molar-refractivity contribution in [2.45, 2.75) is 13.3 Å². The van der Waals surface area contributed by atoms with E-state index < -0.39 is 0 Å². The molecule has 138 valence electrons. The number of amides is 1. The maximum Gasteiger partial charge on any atom is 0.239 e. The Bertz CT molecular complexity index is 1010. The Labute approximate surface area is 163 Å². The van der Waals surface area contributed by atoms with E-state index in [4.69, 9.17) is 11.6 Å². The number of rotatable bonds is 4. The van der Waals surface area contributed by atoms with Gasteiger partial charge in [0.15, 0.2) is 0 Å². The summed E-state index contributed by atoms with van der Waals surface area (Å²) in [5.41, 5.74) is 5.06. The molecule has 0 spiro atoms. The van der Waals surface area contributed by atoms with Gasteiger partial charge in [0.05, 0.1) is 11.6 Å². The third-order valence-corrected chi connectivity index (χ3v) is 5.14. The van der Waals surface area contributed by atoms with E-state index in [1.807, 2.05) is 0 Å². The Morgan fingerprint density at radius 2 is 2.22 bits per heavy atom. The van der Waals surface area contributed by atoms with Gasteiger partial charge in [0, 0.05) is 41.9 Å². The smallest absolute Gasteiger partial charge is 0.239 e. The van der Waals surface area contributed by atoms with Gasteiger partial charge in [-0.1, -0.05) is 29.8 Å². The van der Waals surface area contributed by atoms with Gasteiger partial charge >= 0.3 is 0 Å². The van der Waals surface area contributed by atoms with Crippen molar-refractivity contribution >= 4 is 39.8 Å². The Hall–Kier alpha value is -2.63. The van der Waals surface area contributed by atoms with Crippen LogP contribution in [0.2, 0.25) is 5.02 Å². The van der Waals surface area contributed by atoms with Crippen LogP contribution in [0.1, 0.15) is 17.5 Å². The molecule has 0 saturated heterocycles. The number of hydrogen-bond donors (Lipinski definition) is 2. The van der Waals surface area contributed by atoms with Crippen LogP contribution in [0.4, 0.5) is 5.82 Å². The van der Waals surface area contributed by atoms with Crippen LogP contribution in [-0.2, 0) is 4.79 Å². The fourth-order valence-electron chi connectivity index (χ4n) is 3.56. The second-order valence-electron chi connectivity index (χ2n) is 6.82. The van der Waals surface area contributed by atoms with Gasteiger partial charge in [-0.05, 0) is 42.7 Å². The van der Waals surface area contributed by atoms with Crippen molar-refractivity contribution in [2.75, 3.05) is 25.0 Å². The minimum atomic E-state index is -0.0652. The molecule has 3 heterocycles. The highest BCUT2D eigenvalue weighted by Crippen LogP contribution is 2.31. The van der Waals surface area contributed by atoms with Gasteiger partial charge in [0.1, 0.15) is 5.82 Å². The zero-order valence-electron chi connectivity index (χ0n) is 15.1. The molecule has 2 aromatic heterocycles. The standard InChI is InChI=1S/C21H21ClN4O/c1-14-3-2-4-18-21(14)17(12-23-18)15-7-9-26(10-8-15)13-20(27)25-19-6-5-16(22)11-24-19/h2-7,11-12,23H,8-10,13H2,1H3,(H,24,25,27). The number of nitrogens with one attached hydrogen (secondary N) is 2. The SMILES string of the molecule is Cc1cccc2[nH]cc(C3=CCN(CC(=O)Nc4ccc(Cl)cn4)CC3)c12. The predicted octanol–water partition coefficient (Wildman–Crippen LogP) is 4.25. The van der Waals surface area contributed by atoms with Gasteiger partial charge in [-0.3, -0.25) is 9.69 Å². The second kappa shape index (κ2) is 7.55. The number of anilines is 1. The van der Waals surface area contributed by atoms with Crippen LogP contribution in [0.5, 0.6) is 0 Å². The number of aromatic amines is 1. The first kappa shape index (κ1) is 17.8. The molecule has 4 rings (SSSR count). The summed E-state index contributed by atoms with van der Waals surface area (Å²) in [5, 5.41) is 4.66. The Balaban J connectivity index is 1.41. The van der Waals surface area contributed by atoms with Crippen molar-refractivity contribution in [3.8, 4) is 0 Å². The average Bonchev–Trinajstić information content (AvgIpc) is 3.10. The molecule has 1 amide bonds. The van der Waals surface area contributed by atoms with Crippen LogP contribution < -0.4 is 5.32 Å². The van der Waals surface area contributed by atoms with Crippen molar-refractivity contribution in [3.63, 3.8) is 0 Å². The normalized spacial score (nSPS) is 15.0. The first-order chi connectivity index (χ1) is 13.1. The van der Waals surface area contributed by atoms with Crippen LogP contribution in [0.15, 0.2) is 48.8 Å². The second-order valence-corrected chi connectivity index (χ2v) is 7.26. The van der Waals surface area contributed by atoms with Crippen LogP contribution in [-0.4, -0.2) is 40.4 Å². The monoisotopic (exact) mass is 380 g/mol. The largest absolute Gasteiger partial charge is 0.361 e. The highest BCUT2D eigenvalue weighted by molar-refractivity contribution is 6.30. The molecule has 0 bridgehead atoms. The number of aromatic nitrogens is 2. The van der Waals surface area contributed by atoms with E-state index in [1.165, 1.54) is 33.8 Å². The van der Waals surface area contributed by atoms with Gasteiger partial charge < -0.3 is 10.3 Å². The summed E-state index contributed by atoms with van der Waals surface area (Å²) in [6.07, 6.45) is 6.77. The number of hydrogen-bond acceptors (Lipinski definition) is 3. The van der Waals surface area contributed by atoms with Crippen molar-refractivity contribution in [1.82, 2.24) is 14.9 Å². The summed E-state index contributed by atoms with van der Waals surface area (Å²) in [4.78, 5) is 21.8. The van der Waals surface area contributed by atoms with Crippen molar-refractivity contribution < 1.29 is 4.79 Å². The molecule has 2 N–H and O–H groups in total. The summed E-state index contributed by atoms with van der Waals surface area (Å²) in [6, 6.07) is 9.74. The first-order valence-electron chi connectivity index (χ1n) is 9.00. The number of nitrogens with zero attached hydrogens (tertiary/aromatic N) is 2. The maximum atomic E-state index is 12.2. The van der Waals surface area contributed by atoms with Crippen molar-refractivity contribution in [2.24, 2.45) is 0 Å². The molecule has 3 aromatic rings. The molecular formula is C21H21ClN4O. The van der Waals surface area contributed by atoms with Crippen LogP contribution in [0, 0.1) is 6.92 Å². The number of carbonyl (C=O) groups is 1. The summed E-state index contributed by atoms with van der Waals surface area (Å²) in [6.45, 7) is 4.10. The van der Waals surface area contributed by atoms with E-state index in [1.54, 1.807) is 12.1 Å². The molecule has 1 aromatic carbocycles. The van der Waals surface area contributed by atoms with Crippen LogP contribution in [0.3, 0.4) is 0 Å². The lowest BCUT2D eigenvalue weighted by Gasteiger charge is -2.25. The molecule has 0 fully saturated rings. The van der Waals surface area contributed by atoms with Crippen LogP contribution >= 0.6 is 11.6 Å². The molecule has 27 heavy (non-hydrogen) atoms. The van der Waals surface area contributed by atoms with Gasteiger partial charge in [0.2, 0.25) is 5.91 Å². The van der Waals surface area contributed by atoms with Gasteiger partial charge in [-0.2, -0.15) is 0 Å². The first-order valence-corrected chi connectivity index (χ1v) is 9.38. The number of carbonyl (C=O) groups excluding carboxylic acids is 1. The topological polar surface area (TPSA) is 61.0 Å². The van der Waals surface area contributed by atoms with E-state index >= 15 is 0 Å². The highest BCUT2D eigenvalue weighted by atomic mass is 35.5. The van der Waals surface area contributed by atoms with E-state index in [0.29, 0.717) is 17.4 Å². The summed E-state index contributed by atoms with van der Waals surface area (Å²) < 4.78 is 0. The van der Waals surface area contributed by atoms with Crippen molar-refractivity contribution in [1.29, 1.82) is 0 Å². The maximum absolute atomic E-state index is 12.2. The zero-order chi connectivity index (χ0) is 18.8. The third-order valence-electron chi connectivity index (χ3n) is 4.92. The number of aryl methyl sites for hydroxylation is 1. The minimum Gasteiger partial charge on any atom is -0.361 e. The third kappa shape index (κ3) is 3.89. The lowest BCUT2D eigenvalue weighted by atomic mass is 9.97. The molecule has 6 heteroatoms. The summed E-state index contributed by atoms with van der Waals surface area (Å²) in [7, 11) is 0. The van der Waals surface area contributed by atoms with Crippen LogP contribution in [0.25, 0.3) is 16.5 Å². The number of pyridine rings is 1. The van der Waals surface area contributed by atoms with Gasteiger partial charge in [-0.25, -0.2) is 4.98 Å². The molecule has 1 aliphatic heterocycles. The molecule has 0 atom stereocenters. The van der Waals surface area contributed by atoms with Gasteiger partial charge in [0.25, 0.3) is 0 Å². The number of H-pyrrole nitrogens is 1. The predicted molar refractivity (Wildman–Crippen MR) is 110 cm³/mol. The minimum absolute atomic E-state index is 0.0652. The van der Waals surface area contributed by atoms with Gasteiger partial charge in [-0.15, -0.1) is 0 Å². The zero-order valence-corrected chi connectivity index (χ0v) is 15.9. The van der Waals surface area contributed by atoms with E-state index in [9.17, 15) is 4.79 Å². The number of fused-ring (bicyclic) bond motifs is 1. The summed E-state index contributed by atoms with van der Waals surface area (Å²) >= 11 is 5.81.